The molecule has 2 N–H and O–H groups in total. The van der Waals surface area contributed by atoms with Crippen molar-refractivity contribution in [1.29, 1.82) is 0 Å². The summed E-state index contributed by atoms with van der Waals surface area (Å²) in [5, 5.41) is 13.6. The predicted molar refractivity (Wildman–Crippen MR) is 210 cm³/mol. The molecule has 0 saturated carbocycles. The highest BCUT2D eigenvalue weighted by Gasteiger charge is 2.22. The third-order valence-corrected chi connectivity index (χ3v) is 8.92. The summed E-state index contributed by atoms with van der Waals surface area (Å²) in [7, 11) is 1.19. The molecule has 0 aliphatic carbocycles. The number of carbonyl (C=O) groups is 1. The van der Waals surface area contributed by atoms with Crippen molar-refractivity contribution < 1.29 is 32.9 Å². The number of phosphoric ester groups is 1. The fourth-order valence-corrected chi connectivity index (χ4v) is 5.59. The monoisotopic (exact) mass is 721 g/mol. The molecule has 0 aromatic carbocycles. The summed E-state index contributed by atoms with van der Waals surface area (Å²) in [5.74, 6) is -0.329. The first-order valence-corrected chi connectivity index (χ1v) is 20.8. The molecule has 0 fully saturated rings. The number of hydrogen-bond donors (Lipinski definition) is 2. The molecule has 3 atom stereocenters. The lowest BCUT2D eigenvalue weighted by Gasteiger charge is -2.29. The average Bonchev–Trinajstić information content (AvgIpc) is 3.06. The standard InChI is InChI=1S/C41H73N2O6P/c1-6-8-10-12-14-16-18-20-21-23-25-27-29-31-33-35-41(45)42-39(38-49-50(46,47)48-37-36-43(3,4)5)40(44)34-32-30-28-26-24-22-19-17-15-13-11-9-7-2/h8,10,14,16,20-21,25,27,31-34,39-40,44H,6-7,9,11-13,15,17-19,22-24,26,28-30,35-38H2,1-5H3,(H-,42,45,46,47)/b10-8-,16-14-,21-20-,27-25-,33-31-,34-32+. The van der Waals surface area contributed by atoms with Gasteiger partial charge in [0.2, 0.25) is 5.91 Å². The second-order valence-corrected chi connectivity index (χ2v) is 15.3. The van der Waals surface area contributed by atoms with Crippen molar-refractivity contribution >= 4 is 13.7 Å². The summed E-state index contributed by atoms with van der Waals surface area (Å²) in [6, 6.07) is -0.942. The Morgan fingerprint density at radius 3 is 1.70 bits per heavy atom. The number of hydrogen-bond acceptors (Lipinski definition) is 6. The minimum Gasteiger partial charge on any atom is -0.756 e. The van der Waals surface area contributed by atoms with E-state index in [9.17, 15) is 19.4 Å². The molecule has 0 aromatic rings. The number of nitrogens with zero attached hydrogens (tertiary/aromatic N) is 1. The van der Waals surface area contributed by atoms with Crippen LogP contribution in [0.2, 0.25) is 0 Å². The van der Waals surface area contributed by atoms with E-state index in [0.717, 1.165) is 44.9 Å². The lowest BCUT2D eigenvalue weighted by Crippen LogP contribution is -2.45. The highest BCUT2D eigenvalue weighted by atomic mass is 31.2. The first kappa shape index (κ1) is 47.9. The van der Waals surface area contributed by atoms with E-state index in [2.05, 4.69) is 67.8 Å². The Morgan fingerprint density at radius 1 is 0.720 bits per heavy atom. The lowest BCUT2D eigenvalue weighted by molar-refractivity contribution is -0.870. The number of rotatable bonds is 33. The molecule has 0 aliphatic heterocycles. The second-order valence-electron chi connectivity index (χ2n) is 13.9. The molecule has 288 valence electrons. The maximum absolute atomic E-state index is 12.7. The number of nitrogens with one attached hydrogen (secondary N) is 1. The van der Waals surface area contributed by atoms with Crippen LogP contribution in [0.4, 0.5) is 0 Å². The summed E-state index contributed by atoms with van der Waals surface area (Å²) < 4.78 is 23.0. The second kappa shape index (κ2) is 32.8. The van der Waals surface area contributed by atoms with Gasteiger partial charge in [0.05, 0.1) is 39.9 Å². The molecule has 50 heavy (non-hydrogen) atoms. The summed E-state index contributed by atoms with van der Waals surface area (Å²) in [6.45, 7) is 4.41. The SMILES string of the molecule is CC/C=C\C/C=C\C/C=C\C/C=C\C/C=C\CC(=O)NC(COP(=O)([O-])OCC[N+](C)(C)C)C(O)/C=C/CCCCCCCCCCCCC. The maximum atomic E-state index is 12.7. The quantitative estimate of drug-likeness (QED) is 0.0303. The van der Waals surface area contributed by atoms with Gasteiger partial charge in [-0.15, -0.1) is 0 Å². The van der Waals surface area contributed by atoms with Gasteiger partial charge in [0.1, 0.15) is 13.2 Å². The Labute approximate surface area is 306 Å². The van der Waals surface area contributed by atoms with Crippen LogP contribution in [0, 0.1) is 0 Å². The molecule has 0 bridgehead atoms. The van der Waals surface area contributed by atoms with Gasteiger partial charge in [0, 0.05) is 6.42 Å². The van der Waals surface area contributed by atoms with E-state index in [1.807, 2.05) is 33.3 Å². The molecular formula is C41H73N2O6P. The molecule has 0 spiro atoms. The van der Waals surface area contributed by atoms with Crippen molar-refractivity contribution in [2.24, 2.45) is 0 Å². The normalized spacial score (nSPS) is 15.4. The molecule has 0 saturated heterocycles. The number of carbonyl (C=O) groups excluding carboxylic acids is 1. The van der Waals surface area contributed by atoms with Crippen LogP contribution < -0.4 is 10.2 Å². The van der Waals surface area contributed by atoms with E-state index in [-0.39, 0.29) is 18.9 Å². The average molecular weight is 721 g/mol. The van der Waals surface area contributed by atoms with Crippen LogP contribution in [0.15, 0.2) is 72.9 Å². The minimum atomic E-state index is -4.61. The molecule has 0 radical (unpaired) electrons. The first-order valence-electron chi connectivity index (χ1n) is 19.3. The van der Waals surface area contributed by atoms with Gasteiger partial charge in [-0.05, 0) is 44.9 Å². The Balaban J connectivity index is 4.71. The van der Waals surface area contributed by atoms with Crippen molar-refractivity contribution in [3.63, 3.8) is 0 Å². The molecule has 0 rings (SSSR count). The van der Waals surface area contributed by atoms with E-state index in [4.69, 9.17) is 9.05 Å². The maximum Gasteiger partial charge on any atom is 0.268 e. The number of aliphatic hydroxyl groups is 1. The number of phosphoric acid groups is 1. The Kier molecular flexibility index (Phi) is 31.5. The Hall–Kier alpha value is -2.06. The fourth-order valence-electron chi connectivity index (χ4n) is 4.86. The molecule has 9 heteroatoms. The smallest absolute Gasteiger partial charge is 0.268 e. The number of quaternary nitrogens is 1. The van der Waals surface area contributed by atoms with Gasteiger partial charge in [-0.2, -0.15) is 0 Å². The summed E-state index contributed by atoms with van der Waals surface area (Å²) in [6.07, 6.45) is 42.6. The van der Waals surface area contributed by atoms with Crippen LogP contribution >= 0.6 is 7.82 Å². The molecule has 0 heterocycles. The third-order valence-electron chi connectivity index (χ3n) is 7.95. The van der Waals surface area contributed by atoms with Gasteiger partial charge in [-0.1, -0.05) is 151 Å². The lowest BCUT2D eigenvalue weighted by atomic mass is 10.0. The molecule has 3 unspecified atom stereocenters. The molecular weight excluding hydrogens is 647 g/mol. The van der Waals surface area contributed by atoms with E-state index in [1.165, 1.54) is 57.8 Å². The molecule has 0 aromatic heterocycles. The zero-order valence-corrected chi connectivity index (χ0v) is 33.2. The number of aliphatic hydroxyl groups excluding tert-OH is 1. The summed E-state index contributed by atoms with van der Waals surface area (Å²) >= 11 is 0. The summed E-state index contributed by atoms with van der Waals surface area (Å²) in [4.78, 5) is 25.1. The fraction of sp³-hybridized carbons (Fsp3) is 0.683. The van der Waals surface area contributed by atoms with Gasteiger partial charge in [-0.25, -0.2) is 0 Å². The van der Waals surface area contributed by atoms with Gasteiger partial charge in [-0.3, -0.25) is 9.36 Å². The topological polar surface area (TPSA) is 108 Å². The zero-order valence-electron chi connectivity index (χ0n) is 32.3. The van der Waals surface area contributed by atoms with Gasteiger partial charge >= 0.3 is 0 Å². The number of unbranched alkanes of at least 4 members (excludes halogenated alkanes) is 11. The van der Waals surface area contributed by atoms with Crippen LogP contribution in [-0.4, -0.2) is 68.5 Å². The highest BCUT2D eigenvalue weighted by molar-refractivity contribution is 7.45. The van der Waals surface area contributed by atoms with Gasteiger partial charge in [0.25, 0.3) is 7.82 Å². The van der Waals surface area contributed by atoms with Crippen molar-refractivity contribution in [3.05, 3.63) is 72.9 Å². The zero-order chi connectivity index (χ0) is 37.2. The summed E-state index contributed by atoms with van der Waals surface area (Å²) in [5.41, 5.74) is 0. The van der Waals surface area contributed by atoms with Gasteiger partial charge < -0.3 is 28.8 Å². The molecule has 1 amide bonds. The highest BCUT2D eigenvalue weighted by Crippen LogP contribution is 2.38. The van der Waals surface area contributed by atoms with E-state index in [1.54, 1.807) is 12.2 Å². The van der Waals surface area contributed by atoms with Crippen molar-refractivity contribution in [2.75, 3.05) is 40.9 Å². The first-order chi connectivity index (χ1) is 24.0. The minimum absolute atomic E-state index is 0.0210. The van der Waals surface area contributed by atoms with E-state index < -0.39 is 26.6 Å². The van der Waals surface area contributed by atoms with Gasteiger partial charge in [0.15, 0.2) is 0 Å². The van der Waals surface area contributed by atoms with Crippen LogP contribution in [0.25, 0.3) is 0 Å². The Morgan fingerprint density at radius 2 is 1.20 bits per heavy atom. The van der Waals surface area contributed by atoms with Crippen LogP contribution in [-0.2, 0) is 18.4 Å². The van der Waals surface area contributed by atoms with Crippen molar-refractivity contribution in [2.45, 2.75) is 142 Å². The Bertz CT molecular complexity index is 1040. The predicted octanol–water partition coefficient (Wildman–Crippen LogP) is 9.44. The molecule has 8 nitrogen and oxygen atoms in total. The third kappa shape index (κ3) is 34.4. The number of allylic oxidation sites excluding steroid dienone is 10. The van der Waals surface area contributed by atoms with Crippen molar-refractivity contribution in [1.82, 2.24) is 5.32 Å². The van der Waals surface area contributed by atoms with E-state index in [0.29, 0.717) is 17.4 Å². The largest absolute Gasteiger partial charge is 0.756 e. The van der Waals surface area contributed by atoms with Crippen molar-refractivity contribution in [3.8, 4) is 0 Å². The number of amides is 1. The van der Waals surface area contributed by atoms with E-state index >= 15 is 0 Å². The molecule has 0 aliphatic rings. The van der Waals surface area contributed by atoms with Crippen LogP contribution in [0.1, 0.15) is 129 Å². The number of likely N-dealkylation sites (N-methyl/N-ethyl adjacent to an activating group) is 1. The van der Waals surface area contributed by atoms with Crippen LogP contribution in [0.5, 0.6) is 0 Å². The van der Waals surface area contributed by atoms with Crippen LogP contribution in [0.3, 0.4) is 0 Å².